The molecule has 0 spiro atoms. The Labute approximate surface area is 192 Å². The number of aryl methyl sites for hydroxylation is 1. The lowest BCUT2D eigenvalue weighted by Crippen LogP contribution is -1.99. The number of hydrogen-bond donors (Lipinski definition) is 0. The number of halogens is 1. The van der Waals surface area contributed by atoms with Gasteiger partial charge < -0.3 is 4.57 Å². The standard InChI is InChI=1S/C29H22ClNO/c1-20-6-8-22(9-7-20)19-31-27-5-3-2-4-25(27)26-18-21(10-16-28(26)31)11-17-29(32)23-12-14-24(30)15-13-23/h2-18H,19H2,1H3/b17-11+. The van der Waals surface area contributed by atoms with Crippen LogP contribution in [0.5, 0.6) is 0 Å². The Morgan fingerprint density at radius 2 is 1.56 bits per heavy atom. The molecule has 5 aromatic rings. The Bertz CT molecular complexity index is 1460. The van der Waals surface area contributed by atoms with Gasteiger partial charge in [0.1, 0.15) is 0 Å². The van der Waals surface area contributed by atoms with Gasteiger partial charge in [-0.25, -0.2) is 0 Å². The van der Waals surface area contributed by atoms with E-state index in [1.807, 2.05) is 6.08 Å². The Hall–Kier alpha value is -3.62. The van der Waals surface area contributed by atoms with Gasteiger partial charge in [0.15, 0.2) is 5.78 Å². The molecular formula is C29H22ClNO. The van der Waals surface area contributed by atoms with Crippen LogP contribution in [0.4, 0.5) is 0 Å². The summed E-state index contributed by atoms with van der Waals surface area (Å²) >= 11 is 5.92. The molecule has 0 unspecified atom stereocenters. The lowest BCUT2D eigenvalue weighted by molar-refractivity contribution is 0.104. The highest BCUT2D eigenvalue weighted by Gasteiger charge is 2.11. The van der Waals surface area contributed by atoms with Gasteiger partial charge in [-0.05, 0) is 66.6 Å². The van der Waals surface area contributed by atoms with Gasteiger partial charge in [-0.1, -0.05) is 71.8 Å². The minimum Gasteiger partial charge on any atom is -0.336 e. The Morgan fingerprint density at radius 1 is 0.844 bits per heavy atom. The van der Waals surface area contributed by atoms with Crippen molar-refractivity contribution in [2.24, 2.45) is 0 Å². The van der Waals surface area contributed by atoms with Crippen molar-refractivity contribution >= 4 is 45.3 Å². The fraction of sp³-hybridized carbons (Fsp3) is 0.0690. The Morgan fingerprint density at radius 3 is 2.34 bits per heavy atom. The zero-order chi connectivity index (χ0) is 22.1. The first-order valence-corrected chi connectivity index (χ1v) is 11.0. The van der Waals surface area contributed by atoms with Crippen molar-refractivity contribution in [1.29, 1.82) is 0 Å². The van der Waals surface area contributed by atoms with Gasteiger partial charge in [-0.2, -0.15) is 0 Å². The average molecular weight is 436 g/mol. The van der Waals surface area contributed by atoms with Crippen molar-refractivity contribution in [1.82, 2.24) is 4.57 Å². The molecule has 5 rings (SSSR count). The summed E-state index contributed by atoms with van der Waals surface area (Å²) in [5, 5.41) is 3.03. The van der Waals surface area contributed by atoms with E-state index in [2.05, 4.69) is 78.2 Å². The largest absolute Gasteiger partial charge is 0.336 e. The molecule has 1 heterocycles. The summed E-state index contributed by atoms with van der Waals surface area (Å²) < 4.78 is 2.36. The van der Waals surface area contributed by atoms with Crippen molar-refractivity contribution in [2.45, 2.75) is 13.5 Å². The monoisotopic (exact) mass is 435 g/mol. The molecule has 0 bridgehead atoms. The molecule has 4 aromatic carbocycles. The molecule has 0 saturated carbocycles. The van der Waals surface area contributed by atoms with Crippen LogP contribution in [0.15, 0.2) is 97.1 Å². The molecule has 3 heteroatoms. The molecule has 0 aliphatic heterocycles. The molecule has 0 fully saturated rings. The fourth-order valence-electron chi connectivity index (χ4n) is 4.10. The second-order valence-corrected chi connectivity index (χ2v) is 8.51. The third-order valence-electron chi connectivity index (χ3n) is 5.81. The number of ketones is 1. The Balaban J connectivity index is 1.52. The normalized spacial score (nSPS) is 11.6. The molecule has 0 N–H and O–H groups in total. The van der Waals surface area contributed by atoms with Crippen molar-refractivity contribution in [3.63, 3.8) is 0 Å². The van der Waals surface area contributed by atoms with Gasteiger partial charge in [0.25, 0.3) is 0 Å². The second kappa shape index (κ2) is 8.49. The molecule has 156 valence electrons. The average Bonchev–Trinajstić information content (AvgIpc) is 3.12. The van der Waals surface area contributed by atoms with Gasteiger partial charge in [-0.15, -0.1) is 0 Å². The Kier molecular flexibility index (Phi) is 5.38. The number of rotatable bonds is 5. The van der Waals surface area contributed by atoms with Crippen LogP contribution in [-0.4, -0.2) is 10.4 Å². The van der Waals surface area contributed by atoms with E-state index in [0.29, 0.717) is 10.6 Å². The number of fused-ring (bicyclic) bond motifs is 3. The molecule has 0 saturated heterocycles. The highest BCUT2D eigenvalue weighted by molar-refractivity contribution is 6.30. The zero-order valence-corrected chi connectivity index (χ0v) is 18.5. The van der Waals surface area contributed by atoms with Crippen LogP contribution in [0.1, 0.15) is 27.0 Å². The summed E-state index contributed by atoms with van der Waals surface area (Å²) in [6.45, 7) is 2.92. The molecule has 2 nitrogen and oxygen atoms in total. The van der Waals surface area contributed by atoms with E-state index < -0.39 is 0 Å². The topological polar surface area (TPSA) is 22.0 Å². The van der Waals surface area contributed by atoms with E-state index in [1.54, 1.807) is 30.3 Å². The third kappa shape index (κ3) is 3.98. The number of carbonyl (C=O) groups excluding carboxylic acids is 1. The first-order valence-electron chi connectivity index (χ1n) is 10.6. The number of aromatic nitrogens is 1. The van der Waals surface area contributed by atoms with Crippen molar-refractivity contribution in [2.75, 3.05) is 0 Å². The summed E-state index contributed by atoms with van der Waals surface area (Å²) in [6, 6.07) is 30.5. The zero-order valence-electron chi connectivity index (χ0n) is 17.8. The lowest BCUT2D eigenvalue weighted by atomic mass is 10.1. The predicted octanol–water partition coefficient (Wildman–Crippen LogP) is 7.70. The maximum atomic E-state index is 12.5. The number of benzene rings is 4. The number of hydrogen-bond acceptors (Lipinski definition) is 1. The fourth-order valence-corrected chi connectivity index (χ4v) is 4.23. The summed E-state index contributed by atoms with van der Waals surface area (Å²) in [5.74, 6) is -0.0384. The molecule has 0 amide bonds. The van der Waals surface area contributed by atoms with Crippen LogP contribution >= 0.6 is 11.6 Å². The number of allylic oxidation sites excluding steroid dienone is 1. The van der Waals surface area contributed by atoms with Crippen LogP contribution in [0, 0.1) is 6.92 Å². The smallest absolute Gasteiger partial charge is 0.185 e. The van der Waals surface area contributed by atoms with Crippen LogP contribution in [0.25, 0.3) is 27.9 Å². The highest BCUT2D eigenvalue weighted by Crippen LogP contribution is 2.31. The molecule has 0 aliphatic rings. The van der Waals surface area contributed by atoms with E-state index >= 15 is 0 Å². The van der Waals surface area contributed by atoms with E-state index in [9.17, 15) is 4.79 Å². The van der Waals surface area contributed by atoms with Crippen LogP contribution in [-0.2, 0) is 6.54 Å². The minimum atomic E-state index is -0.0384. The lowest BCUT2D eigenvalue weighted by Gasteiger charge is -2.08. The van der Waals surface area contributed by atoms with Crippen molar-refractivity contribution < 1.29 is 4.79 Å². The van der Waals surface area contributed by atoms with Crippen molar-refractivity contribution in [3.8, 4) is 0 Å². The van der Waals surface area contributed by atoms with E-state index in [-0.39, 0.29) is 5.78 Å². The SMILES string of the molecule is Cc1ccc(Cn2c3ccccc3c3cc(/C=C/C(=O)c4ccc(Cl)cc4)ccc32)cc1. The van der Waals surface area contributed by atoms with Gasteiger partial charge in [0.2, 0.25) is 0 Å². The molecule has 1 aromatic heterocycles. The first kappa shape index (κ1) is 20.3. The van der Waals surface area contributed by atoms with Gasteiger partial charge >= 0.3 is 0 Å². The van der Waals surface area contributed by atoms with Gasteiger partial charge in [0.05, 0.1) is 0 Å². The van der Waals surface area contributed by atoms with E-state index in [4.69, 9.17) is 11.6 Å². The van der Waals surface area contributed by atoms with Crippen LogP contribution in [0.3, 0.4) is 0 Å². The number of para-hydroxylation sites is 1. The molecule has 0 aliphatic carbocycles. The van der Waals surface area contributed by atoms with Gasteiger partial charge in [0, 0.05) is 38.9 Å². The van der Waals surface area contributed by atoms with Crippen LogP contribution in [0.2, 0.25) is 5.02 Å². The van der Waals surface area contributed by atoms with Crippen molar-refractivity contribution in [3.05, 3.63) is 124 Å². The summed E-state index contributed by atoms with van der Waals surface area (Å²) in [7, 11) is 0. The summed E-state index contributed by atoms with van der Waals surface area (Å²) in [6.07, 6.45) is 3.50. The molecule has 0 radical (unpaired) electrons. The predicted molar refractivity (Wildman–Crippen MR) is 135 cm³/mol. The summed E-state index contributed by atoms with van der Waals surface area (Å²) in [4.78, 5) is 12.5. The number of carbonyl (C=O) groups is 1. The molecular weight excluding hydrogens is 414 g/mol. The van der Waals surface area contributed by atoms with E-state index in [0.717, 1.165) is 12.1 Å². The highest BCUT2D eigenvalue weighted by atomic mass is 35.5. The summed E-state index contributed by atoms with van der Waals surface area (Å²) in [5.41, 5.74) is 6.56. The maximum absolute atomic E-state index is 12.5. The quantitative estimate of drug-likeness (QED) is 0.205. The first-order chi connectivity index (χ1) is 15.6. The molecule has 32 heavy (non-hydrogen) atoms. The second-order valence-electron chi connectivity index (χ2n) is 8.07. The minimum absolute atomic E-state index is 0.0384. The number of nitrogens with zero attached hydrogens (tertiary/aromatic N) is 1. The maximum Gasteiger partial charge on any atom is 0.185 e. The third-order valence-corrected chi connectivity index (χ3v) is 6.07. The van der Waals surface area contributed by atoms with E-state index in [1.165, 1.54) is 32.9 Å². The van der Waals surface area contributed by atoms with Crippen LogP contribution < -0.4 is 0 Å². The van der Waals surface area contributed by atoms with Gasteiger partial charge in [-0.3, -0.25) is 4.79 Å². The molecule has 0 atom stereocenters.